The molecule has 0 fully saturated rings. The Hall–Kier alpha value is -6.58. The molecule has 2 spiro atoms. The number of rotatable bonds is 3. The molecule has 11 rings (SSSR count). The monoisotopic (exact) mass is 649 g/mol. The van der Waals surface area contributed by atoms with Gasteiger partial charge in [-0.1, -0.05) is 182 Å². The zero-order valence-corrected chi connectivity index (χ0v) is 27.7. The molecule has 1 aliphatic heterocycles. The second-order valence-electron chi connectivity index (χ2n) is 13.7. The topological polar surface area (TPSA) is 29.0 Å². The van der Waals surface area contributed by atoms with E-state index in [2.05, 4.69) is 193 Å². The van der Waals surface area contributed by atoms with Crippen LogP contribution in [0.4, 0.5) is 5.95 Å². The first kappa shape index (κ1) is 28.3. The van der Waals surface area contributed by atoms with Crippen LogP contribution >= 0.6 is 0 Å². The largest absolute Gasteiger partial charge is 0.305 e. The molecule has 3 aliphatic rings. The summed E-state index contributed by atoms with van der Waals surface area (Å²) in [5.41, 5.74) is 14.9. The molecular weight excluding hydrogens is 619 g/mol. The van der Waals surface area contributed by atoms with E-state index in [0.717, 1.165) is 22.5 Å². The van der Waals surface area contributed by atoms with E-state index in [1.165, 1.54) is 55.6 Å². The maximum atomic E-state index is 5.64. The number of hydrogen-bond donors (Lipinski definition) is 0. The summed E-state index contributed by atoms with van der Waals surface area (Å²) in [7, 11) is 0. The third-order valence-corrected chi connectivity index (χ3v) is 11.3. The van der Waals surface area contributed by atoms with Crippen molar-refractivity contribution >= 4 is 5.95 Å². The summed E-state index contributed by atoms with van der Waals surface area (Å²) < 4.78 is 0. The Balaban J connectivity index is 1.36. The molecule has 0 N–H and O–H groups in total. The zero-order chi connectivity index (χ0) is 33.6. The first-order valence-corrected chi connectivity index (χ1v) is 17.6. The quantitative estimate of drug-likeness (QED) is 0.191. The number of nitrogens with zero attached hydrogens (tertiary/aromatic N) is 3. The van der Waals surface area contributed by atoms with E-state index in [1.54, 1.807) is 0 Å². The Labute approximate surface area is 297 Å². The van der Waals surface area contributed by atoms with Gasteiger partial charge in [-0.25, -0.2) is 9.97 Å². The van der Waals surface area contributed by atoms with Gasteiger partial charge in [0.25, 0.3) is 0 Å². The SMILES string of the molecule is c1ccc(-c2cc(-c3ccccc3)nc(N3C4(c5ccccc5-c5ccccc54)c4ccccc4C34c3ccccc3-c3ccccc34)n2)cc1. The van der Waals surface area contributed by atoms with Crippen LogP contribution in [-0.4, -0.2) is 9.97 Å². The lowest BCUT2D eigenvalue weighted by atomic mass is 9.79. The standard InChI is InChI=1S/C48H31N3/c1-3-17-32(18-4-1)44-31-45(33-19-5-2-6-20-33)50-46(49-44)51-47(38-25-11-7-21-34(38)35-22-8-12-26-39(35)47)42-29-15-16-30-43(42)48(51)40-27-13-9-23-36(40)37-24-10-14-28-41(37)48/h1-31H. The van der Waals surface area contributed by atoms with Crippen LogP contribution < -0.4 is 4.90 Å². The molecule has 0 atom stereocenters. The van der Waals surface area contributed by atoms with Crippen molar-refractivity contribution in [3.8, 4) is 44.8 Å². The van der Waals surface area contributed by atoms with E-state index in [1.807, 2.05) is 0 Å². The molecule has 238 valence electrons. The smallest absolute Gasteiger partial charge is 0.229 e. The Morgan fingerprint density at radius 1 is 0.314 bits per heavy atom. The molecule has 1 aromatic heterocycles. The van der Waals surface area contributed by atoms with Crippen molar-refractivity contribution in [3.63, 3.8) is 0 Å². The van der Waals surface area contributed by atoms with Gasteiger partial charge >= 0.3 is 0 Å². The van der Waals surface area contributed by atoms with Crippen LogP contribution in [0.25, 0.3) is 44.8 Å². The van der Waals surface area contributed by atoms with E-state index < -0.39 is 11.1 Å². The van der Waals surface area contributed by atoms with E-state index in [4.69, 9.17) is 9.97 Å². The van der Waals surface area contributed by atoms with Gasteiger partial charge in [-0.3, -0.25) is 0 Å². The molecule has 7 aromatic carbocycles. The zero-order valence-electron chi connectivity index (χ0n) is 27.7. The van der Waals surface area contributed by atoms with Crippen molar-refractivity contribution in [1.29, 1.82) is 0 Å². The lowest BCUT2D eigenvalue weighted by molar-refractivity contribution is 0.498. The molecule has 3 heteroatoms. The highest BCUT2D eigenvalue weighted by atomic mass is 15.4. The van der Waals surface area contributed by atoms with Crippen molar-refractivity contribution < 1.29 is 0 Å². The highest BCUT2D eigenvalue weighted by molar-refractivity contribution is 5.94. The fourth-order valence-electron chi connectivity index (χ4n) is 9.44. The van der Waals surface area contributed by atoms with Gasteiger partial charge in [0.05, 0.1) is 11.4 Å². The molecule has 2 aliphatic carbocycles. The first-order chi connectivity index (χ1) is 25.3. The van der Waals surface area contributed by atoms with Crippen molar-refractivity contribution in [2.45, 2.75) is 11.1 Å². The minimum Gasteiger partial charge on any atom is -0.305 e. The maximum Gasteiger partial charge on any atom is 0.229 e. The van der Waals surface area contributed by atoms with Crippen molar-refractivity contribution in [3.05, 3.63) is 221 Å². The Morgan fingerprint density at radius 2 is 0.608 bits per heavy atom. The first-order valence-electron chi connectivity index (χ1n) is 17.6. The van der Waals surface area contributed by atoms with E-state index >= 15 is 0 Å². The van der Waals surface area contributed by atoms with Crippen LogP contribution in [0.5, 0.6) is 0 Å². The molecule has 3 nitrogen and oxygen atoms in total. The van der Waals surface area contributed by atoms with Crippen molar-refractivity contribution in [1.82, 2.24) is 9.97 Å². The van der Waals surface area contributed by atoms with E-state index in [0.29, 0.717) is 5.95 Å². The summed E-state index contributed by atoms with van der Waals surface area (Å²) in [6.45, 7) is 0. The summed E-state index contributed by atoms with van der Waals surface area (Å²) in [5.74, 6) is 0.685. The van der Waals surface area contributed by atoms with Gasteiger partial charge in [0.2, 0.25) is 5.95 Å². The van der Waals surface area contributed by atoms with Gasteiger partial charge < -0.3 is 4.90 Å². The van der Waals surface area contributed by atoms with Crippen molar-refractivity contribution in [2.75, 3.05) is 4.90 Å². The number of aromatic nitrogens is 2. The minimum absolute atomic E-state index is 0.685. The Bertz CT molecular complexity index is 2390. The minimum atomic E-state index is -0.738. The summed E-state index contributed by atoms with van der Waals surface area (Å²) >= 11 is 0. The van der Waals surface area contributed by atoms with E-state index in [-0.39, 0.29) is 0 Å². The second-order valence-corrected chi connectivity index (χ2v) is 13.7. The van der Waals surface area contributed by atoms with Gasteiger partial charge in [0.1, 0.15) is 11.1 Å². The molecule has 0 radical (unpaired) electrons. The molecule has 0 saturated carbocycles. The lowest BCUT2D eigenvalue weighted by Crippen LogP contribution is -2.53. The predicted molar refractivity (Wildman–Crippen MR) is 205 cm³/mol. The van der Waals surface area contributed by atoms with Gasteiger partial charge in [-0.15, -0.1) is 0 Å². The van der Waals surface area contributed by atoms with Gasteiger partial charge in [0, 0.05) is 11.1 Å². The Kier molecular flexibility index (Phi) is 5.80. The summed E-state index contributed by atoms with van der Waals surface area (Å²) in [6, 6.07) is 68.1. The van der Waals surface area contributed by atoms with Crippen LogP contribution in [0.15, 0.2) is 188 Å². The lowest BCUT2D eigenvalue weighted by Gasteiger charge is -2.47. The molecule has 0 bridgehead atoms. The third-order valence-electron chi connectivity index (χ3n) is 11.3. The summed E-state index contributed by atoms with van der Waals surface area (Å²) in [5, 5.41) is 0. The number of hydrogen-bond acceptors (Lipinski definition) is 3. The fourth-order valence-corrected chi connectivity index (χ4v) is 9.44. The number of anilines is 1. The normalized spacial score (nSPS) is 14.9. The molecule has 0 saturated heterocycles. The maximum absolute atomic E-state index is 5.64. The van der Waals surface area contributed by atoms with Gasteiger partial charge in [-0.2, -0.15) is 0 Å². The summed E-state index contributed by atoms with van der Waals surface area (Å²) in [6.07, 6.45) is 0. The molecule has 2 heterocycles. The highest BCUT2D eigenvalue weighted by Crippen LogP contribution is 2.69. The molecule has 8 aromatic rings. The average Bonchev–Trinajstić information content (AvgIpc) is 3.79. The van der Waals surface area contributed by atoms with Crippen LogP contribution in [0.3, 0.4) is 0 Å². The van der Waals surface area contributed by atoms with Crippen LogP contribution in [0.1, 0.15) is 33.4 Å². The molecule has 51 heavy (non-hydrogen) atoms. The van der Waals surface area contributed by atoms with Crippen molar-refractivity contribution in [2.24, 2.45) is 0 Å². The molecular formula is C48H31N3. The second kappa shape index (κ2) is 10.5. The highest BCUT2D eigenvalue weighted by Gasteiger charge is 2.67. The fraction of sp³-hybridized carbons (Fsp3) is 0.0417. The number of benzene rings is 7. The Morgan fingerprint density at radius 3 is 0.961 bits per heavy atom. The van der Waals surface area contributed by atoms with Gasteiger partial charge in [0.15, 0.2) is 0 Å². The van der Waals surface area contributed by atoms with Crippen LogP contribution in [0, 0.1) is 0 Å². The average molecular weight is 650 g/mol. The van der Waals surface area contributed by atoms with Crippen LogP contribution in [-0.2, 0) is 11.1 Å². The third kappa shape index (κ3) is 3.57. The number of fused-ring (bicyclic) bond motifs is 13. The van der Waals surface area contributed by atoms with E-state index in [9.17, 15) is 0 Å². The molecule has 0 unspecified atom stereocenters. The summed E-state index contributed by atoms with van der Waals surface area (Å²) in [4.78, 5) is 13.9. The van der Waals surface area contributed by atoms with Crippen LogP contribution in [0.2, 0.25) is 0 Å². The predicted octanol–water partition coefficient (Wildman–Crippen LogP) is 10.9. The van der Waals surface area contributed by atoms with Gasteiger partial charge in [-0.05, 0) is 61.7 Å². The molecule has 0 amide bonds.